The van der Waals surface area contributed by atoms with E-state index in [1.165, 1.54) is 38.6 Å². The maximum Gasteiger partial charge on any atom is 0.0768 e. The van der Waals surface area contributed by atoms with Crippen LogP contribution in [0.1, 0.15) is 59.8 Å². The molecule has 2 nitrogen and oxygen atoms in total. The van der Waals surface area contributed by atoms with Gasteiger partial charge in [0.25, 0.3) is 0 Å². The number of piperidine rings is 1. The van der Waals surface area contributed by atoms with E-state index in [0.717, 1.165) is 6.54 Å². The number of nitrogens with zero attached hydrogens (tertiary/aromatic N) is 1. The van der Waals surface area contributed by atoms with Gasteiger partial charge in [-0.3, -0.25) is 4.90 Å². The first-order valence-corrected chi connectivity index (χ1v) is 6.93. The van der Waals surface area contributed by atoms with Crippen LogP contribution in [0.15, 0.2) is 0 Å². The third-order valence-electron chi connectivity index (χ3n) is 4.14. The van der Waals surface area contributed by atoms with Gasteiger partial charge in [0.2, 0.25) is 0 Å². The normalized spacial score (nSPS) is 27.0. The van der Waals surface area contributed by atoms with E-state index in [0.29, 0.717) is 12.0 Å². The second kappa shape index (κ2) is 6.02. The number of rotatable bonds is 5. The lowest BCUT2D eigenvalue weighted by molar-refractivity contribution is -0.0369. The molecule has 1 aliphatic rings. The van der Waals surface area contributed by atoms with E-state index >= 15 is 0 Å². The molecule has 96 valence electrons. The Balaban J connectivity index is 2.55. The Labute approximate surface area is 101 Å². The minimum Gasteiger partial charge on any atom is -0.389 e. The molecule has 16 heavy (non-hydrogen) atoms. The largest absolute Gasteiger partial charge is 0.389 e. The number of hydrogen-bond donors (Lipinski definition) is 1. The molecule has 1 aliphatic heterocycles. The summed E-state index contributed by atoms with van der Waals surface area (Å²) < 4.78 is 0. The van der Waals surface area contributed by atoms with Crippen LogP contribution in [-0.2, 0) is 0 Å². The Bertz CT molecular complexity index is 199. The van der Waals surface area contributed by atoms with Crippen LogP contribution in [0.2, 0.25) is 0 Å². The van der Waals surface area contributed by atoms with Gasteiger partial charge in [-0.1, -0.05) is 33.6 Å². The molecule has 1 rings (SSSR count). The average molecular weight is 227 g/mol. The Hall–Kier alpha value is -0.0800. The minimum absolute atomic E-state index is 0.330. The van der Waals surface area contributed by atoms with Crippen LogP contribution in [0.3, 0.4) is 0 Å². The molecule has 0 saturated carbocycles. The molecule has 2 unspecified atom stereocenters. The quantitative estimate of drug-likeness (QED) is 0.780. The Kier molecular flexibility index (Phi) is 5.26. The molecule has 0 aromatic rings. The van der Waals surface area contributed by atoms with Crippen molar-refractivity contribution in [3.8, 4) is 0 Å². The van der Waals surface area contributed by atoms with E-state index in [-0.39, 0.29) is 0 Å². The summed E-state index contributed by atoms with van der Waals surface area (Å²) >= 11 is 0. The van der Waals surface area contributed by atoms with E-state index < -0.39 is 5.60 Å². The molecule has 2 atom stereocenters. The fourth-order valence-electron chi connectivity index (χ4n) is 2.52. The lowest BCUT2D eigenvalue weighted by atomic mass is 9.89. The van der Waals surface area contributed by atoms with Crippen molar-refractivity contribution in [3.63, 3.8) is 0 Å². The molecule has 1 saturated heterocycles. The molecule has 1 N–H and O–H groups in total. The molecular weight excluding hydrogens is 198 g/mol. The van der Waals surface area contributed by atoms with Gasteiger partial charge in [0.05, 0.1) is 5.60 Å². The number of hydrogen-bond acceptors (Lipinski definition) is 2. The highest BCUT2D eigenvalue weighted by Gasteiger charge is 2.31. The van der Waals surface area contributed by atoms with Crippen LogP contribution >= 0.6 is 0 Å². The maximum absolute atomic E-state index is 10.4. The molecule has 0 aliphatic carbocycles. The molecule has 0 bridgehead atoms. The fourth-order valence-corrected chi connectivity index (χ4v) is 2.52. The first kappa shape index (κ1) is 14.0. The predicted octanol–water partition coefficient (Wildman–Crippen LogP) is 3.05. The standard InChI is InChI=1S/C14H29NO/c1-5-8-13-9-6-7-10-15(13)11-14(4,16)12(2)3/h12-13,16H,5-11H2,1-4H3. The summed E-state index contributed by atoms with van der Waals surface area (Å²) in [4.78, 5) is 2.52. The highest BCUT2D eigenvalue weighted by molar-refractivity contribution is 4.85. The smallest absolute Gasteiger partial charge is 0.0768 e. The van der Waals surface area contributed by atoms with E-state index in [1.54, 1.807) is 0 Å². The Morgan fingerprint density at radius 3 is 2.62 bits per heavy atom. The van der Waals surface area contributed by atoms with Crippen LogP contribution < -0.4 is 0 Å². The lowest BCUT2D eigenvalue weighted by Crippen LogP contribution is -2.50. The van der Waals surface area contributed by atoms with E-state index in [2.05, 4.69) is 25.7 Å². The van der Waals surface area contributed by atoms with Crippen molar-refractivity contribution in [2.45, 2.75) is 71.4 Å². The molecule has 2 heteroatoms. The summed E-state index contributed by atoms with van der Waals surface area (Å²) in [6, 6.07) is 0.712. The zero-order valence-electron chi connectivity index (χ0n) is 11.5. The van der Waals surface area contributed by atoms with Crippen molar-refractivity contribution in [1.29, 1.82) is 0 Å². The van der Waals surface area contributed by atoms with Gasteiger partial charge >= 0.3 is 0 Å². The topological polar surface area (TPSA) is 23.5 Å². The zero-order chi connectivity index (χ0) is 12.2. The molecule has 0 amide bonds. The highest BCUT2D eigenvalue weighted by Crippen LogP contribution is 2.25. The Morgan fingerprint density at radius 1 is 1.38 bits per heavy atom. The summed E-state index contributed by atoms with van der Waals surface area (Å²) in [5.74, 6) is 0.330. The van der Waals surface area contributed by atoms with E-state index in [1.807, 2.05) is 6.92 Å². The number of β-amino-alcohol motifs (C(OH)–C–C–N with tert-alkyl or cyclic N) is 1. The predicted molar refractivity (Wildman–Crippen MR) is 69.6 cm³/mol. The first-order chi connectivity index (χ1) is 7.47. The van der Waals surface area contributed by atoms with Crippen molar-refractivity contribution >= 4 is 0 Å². The van der Waals surface area contributed by atoms with Gasteiger partial charge in [0, 0.05) is 12.6 Å². The molecule has 1 fully saturated rings. The third kappa shape index (κ3) is 3.74. The first-order valence-electron chi connectivity index (χ1n) is 6.93. The molecule has 0 radical (unpaired) electrons. The average Bonchev–Trinajstić information content (AvgIpc) is 2.20. The van der Waals surface area contributed by atoms with Crippen molar-refractivity contribution in [2.24, 2.45) is 5.92 Å². The van der Waals surface area contributed by atoms with E-state index in [4.69, 9.17) is 0 Å². The van der Waals surface area contributed by atoms with Crippen molar-refractivity contribution < 1.29 is 5.11 Å². The SMILES string of the molecule is CCCC1CCCCN1CC(C)(O)C(C)C. The summed E-state index contributed by atoms with van der Waals surface area (Å²) in [7, 11) is 0. The molecule has 0 aromatic carbocycles. The van der Waals surface area contributed by atoms with Crippen molar-refractivity contribution in [1.82, 2.24) is 4.90 Å². The van der Waals surface area contributed by atoms with E-state index in [9.17, 15) is 5.11 Å². The minimum atomic E-state index is -0.538. The summed E-state index contributed by atoms with van der Waals surface area (Å²) in [6.07, 6.45) is 6.53. The third-order valence-corrected chi connectivity index (χ3v) is 4.14. The van der Waals surface area contributed by atoms with Gasteiger partial charge in [-0.25, -0.2) is 0 Å². The molecule has 1 heterocycles. The van der Waals surface area contributed by atoms with Gasteiger partial charge < -0.3 is 5.11 Å². The van der Waals surface area contributed by atoms with Crippen molar-refractivity contribution in [2.75, 3.05) is 13.1 Å². The molecular formula is C14H29NO. The summed E-state index contributed by atoms with van der Waals surface area (Å²) in [5, 5.41) is 10.4. The van der Waals surface area contributed by atoms with Crippen LogP contribution in [0.4, 0.5) is 0 Å². The highest BCUT2D eigenvalue weighted by atomic mass is 16.3. The van der Waals surface area contributed by atoms with Gasteiger partial charge in [0.15, 0.2) is 0 Å². The van der Waals surface area contributed by atoms with Crippen LogP contribution in [0.25, 0.3) is 0 Å². The van der Waals surface area contributed by atoms with Crippen LogP contribution in [0, 0.1) is 5.92 Å². The van der Waals surface area contributed by atoms with Gasteiger partial charge in [0.1, 0.15) is 0 Å². The summed E-state index contributed by atoms with van der Waals surface area (Å²) in [6.45, 7) is 10.5. The second-order valence-corrected chi connectivity index (χ2v) is 5.92. The van der Waals surface area contributed by atoms with Crippen LogP contribution in [0.5, 0.6) is 0 Å². The van der Waals surface area contributed by atoms with Gasteiger partial charge in [-0.15, -0.1) is 0 Å². The van der Waals surface area contributed by atoms with Gasteiger partial charge in [-0.2, -0.15) is 0 Å². The maximum atomic E-state index is 10.4. The van der Waals surface area contributed by atoms with Gasteiger partial charge in [-0.05, 0) is 38.6 Å². The number of likely N-dealkylation sites (tertiary alicyclic amines) is 1. The number of aliphatic hydroxyl groups is 1. The summed E-state index contributed by atoms with van der Waals surface area (Å²) in [5.41, 5.74) is -0.538. The molecule has 0 aromatic heterocycles. The monoisotopic (exact) mass is 227 g/mol. The zero-order valence-corrected chi connectivity index (χ0v) is 11.5. The Morgan fingerprint density at radius 2 is 2.06 bits per heavy atom. The molecule has 0 spiro atoms. The lowest BCUT2D eigenvalue weighted by Gasteiger charge is -2.41. The van der Waals surface area contributed by atoms with Crippen molar-refractivity contribution in [3.05, 3.63) is 0 Å². The van der Waals surface area contributed by atoms with Crippen LogP contribution in [-0.4, -0.2) is 34.7 Å². The fraction of sp³-hybridized carbons (Fsp3) is 1.00. The second-order valence-electron chi connectivity index (χ2n) is 5.92.